The highest BCUT2D eigenvalue weighted by Crippen LogP contribution is 2.19. The first-order valence-electron chi connectivity index (χ1n) is 7.66. The molecule has 2 rings (SSSR count). The van der Waals surface area contributed by atoms with E-state index in [2.05, 4.69) is 44.3 Å². The molecule has 1 aliphatic heterocycles. The van der Waals surface area contributed by atoms with Crippen LogP contribution < -0.4 is 5.32 Å². The number of likely N-dealkylation sites (N-methyl/N-ethyl adjacent to an activating group) is 1. The largest absolute Gasteiger partial charge is 0.381 e. The van der Waals surface area contributed by atoms with Crippen LogP contribution in [0.1, 0.15) is 36.1 Å². The number of aryl methyl sites for hydroxylation is 2. The zero-order chi connectivity index (χ0) is 14.4. The zero-order valence-corrected chi connectivity index (χ0v) is 12.9. The van der Waals surface area contributed by atoms with E-state index in [0.29, 0.717) is 5.92 Å². The smallest absolute Gasteiger partial charge is 0.0661 e. The first kappa shape index (κ1) is 15.5. The summed E-state index contributed by atoms with van der Waals surface area (Å²) in [4.78, 5) is 0. The maximum Gasteiger partial charge on any atom is 0.0661 e. The quantitative estimate of drug-likeness (QED) is 0.831. The van der Waals surface area contributed by atoms with Crippen LogP contribution in [0, 0.1) is 19.8 Å². The van der Waals surface area contributed by atoms with Gasteiger partial charge in [-0.2, -0.15) is 0 Å². The van der Waals surface area contributed by atoms with Crippen molar-refractivity contribution in [2.24, 2.45) is 5.92 Å². The van der Waals surface area contributed by atoms with Crippen molar-refractivity contribution in [2.75, 3.05) is 33.0 Å². The van der Waals surface area contributed by atoms with E-state index in [1.807, 2.05) is 0 Å². The Labute approximate surface area is 122 Å². The molecule has 0 bridgehead atoms. The second kappa shape index (κ2) is 7.77. The summed E-state index contributed by atoms with van der Waals surface area (Å²) < 4.78 is 11.3. The monoisotopic (exact) mass is 277 g/mol. The third-order valence-corrected chi connectivity index (χ3v) is 4.05. The normalized spacial score (nSPS) is 20.2. The third-order valence-electron chi connectivity index (χ3n) is 4.05. The van der Waals surface area contributed by atoms with Crippen molar-refractivity contribution < 1.29 is 9.47 Å². The number of benzene rings is 1. The number of rotatable bonds is 7. The van der Waals surface area contributed by atoms with Crippen LogP contribution in [0.3, 0.4) is 0 Å². The van der Waals surface area contributed by atoms with Gasteiger partial charge >= 0.3 is 0 Å². The van der Waals surface area contributed by atoms with Crippen LogP contribution in [-0.2, 0) is 9.47 Å². The lowest BCUT2D eigenvalue weighted by atomic mass is 10.0. The SMILES string of the molecule is CCNC(COCC1CCOC1)c1ccc(C)c(C)c1. The Hall–Kier alpha value is -0.900. The van der Waals surface area contributed by atoms with E-state index in [9.17, 15) is 0 Å². The molecule has 0 aromatic heterocycles. The van der Waals surface area contributed by atoms with Crippen molar-refractivity contribution in [2.45, 2.75) is 33.2 Å². The molecule has 2 unspecified atom stereocenters. The first-order chi connectivity index (χ1) is 9.70. The maximum absolute atomic E-state index is 5.91. The third kappa shape index (κ3) is 4.30. The summed E-state index contributed by atoms with van der Waals surface area (Å²) in [5, 5.41) is 3.51. The van der Waals surface area contributed by atoms with Gasteiger partial charge in [0, 0.05) is 12.5 Å². The molecule has 1 N–H and O–H groups in total. The van der Waals surface area contributed by atoms with E-state index < -0.39 is 0 Å². The summed E-state index contributed by atoms with van der Waals surface area (Å²) in [5.74, 6) is 0.581. The Morgan fingerprint density at radius 2 is 2.20 bits per heavy atom. The van der Waals surface area contributed by atoms with Crippen molar-refractivity contribution in [1.82, 2.24) is 5.32 Å². The molecule has 20 heavy (non-hydrogen) atoms. The lowest BCUT2D eigenvalue weighted by molar-refractivity contribution is 0.0747. The fraction of sp³-hybridized carbons (Fsp3) is 0.647. The van der Waals surface area contributed by atoms with E-state index in [4.69, 9.17) is 9.47 Å². The fourth-order valence-electron chi connectivity index (χ4n) is 2.57. The van der Waals surface area contributed by atoms with Gasteiger partial charge in [0.25, 0.3) is 0 Å². The number of ether oxygens (including phenoxy) is 2. The van der Waals surface area contributed by atoms with Gasteiger partial charge in [-0.25, -0.2) is 0 Å². The van der Waals surface area contributed by atoms with Gasteiger partial charge in [-0.15, -0.1) is 0 Å². The number of hydrogen-bond acceptors (Lipinski definition) is 3. The van der Waals surface area contributed by atoms with Crippen LogP contribution >= 0.6 is 0 Å². The van der Waals surface area contributed by atoms with E-state index in [1.54, 1.807) is 0 Å². The molecule has 1 aliphatic rings. The molecule has 1 saturated heterocycles. The molecule has 0 amide bonds. The molecule has 1 aromatic rings. The topological polar surface area (TPSA) is 30.5 Å². The molecular weight excluding hydrogens is 250 g/mol. The molecule has 0 aliphatic carbocycles. The Bertz CT molecular complexity index is 413. The van der Waals surface area contributed by atoms with Crippen LogP contribution in [0.5, 0.6) is 0 Å². The fourth-order valence-corrected chi connectivity index (χ4v) is 2.57. The van der Waals surface area contributed by atoms with Crippen LogP contribution in [0.15, 0.2) is 18.2 Å². The summed E-state index contributed by atoms with van der Waals surface area (Å²) in [6.07, 6.45) is 1.13. The van der Waals surface area contributed by atoms with E-state index >= 15 is 0 Å². The van der Waals surface area contributed by atoms with Gasteiger partial charge in [-0.05, 0) is 43.5 Å². The Morgan fingerprint density at radius 3 is 2.85 bits per heavy atom. The molecule has 3 heteroatoms. The summed E-state index contributed by atoms with van der Waals surface area (Å²) in [7, 11) is 0. The lowest BCUT2D eigenvalue weighted by Crippen LogP contribution is -2.26. The molecular formula is C17H27NO2. The average Bonchev–Trinajstić information content (AvgIpc) is 2.94. The highest BCUT2D eigenvalue weighted by atomic mass is 16.5. The van der Waals surface area contributed by atoms with Gasteiger partial charge < -0.3 is 14.8 Å². The van der Waals surface area contributed by atoms with Crippen LogP contribution in [0.4, 0.5) is 0 Å². The van der Waals surface area contributed by atoms with Crippen LogP contribution in [0.25, 0.3) is 0 Å². The van der Waals surface area contributed by atoms with Gasteiger partial charge in [0.15, 0.2) is 0 Å². The van der Waals surface area contributed by atoms with Crippen molar-refractivity contribution >= 4 is 0 Å². The highest BCUT2D eigenvalue weighted by Gasteiger charge is 2.17. The zero-order valence-electron chi connectivity index (χ0n) is 12.9. The van der Waals surface area contributed by atoms with Gasteiger partial charge in [0.05, 0.1) is 25.9 Å². The summed E-state index contributed by atoms with van der Waals surface area (Å²) >= 11 is 0. The molecule has 112 valence electrons. The summed E-state index contributed by atoms with van der Waals surface area (Å²) in [6, 6.07) is 6.95. The van der Waals surface area contributed by atoms with Crippen LogP contribution in [0.2, 0.25) is 0 Å². The van der Waals surface area contributed by atoms with E-state index in [0.717, 1.165) is 39.4 Å². The summed E-state index contributed by atoms with van der Waals surface area (Å²) in [5.41, 5.74) is 4.00. The molecule has 3 nitrogen and oxygen atoms in total. The first-order valence-corrected chi connectivity index (χ1v) is 7.66. The van der Waals surface area contributed by atoms with Gasteiger partial charge in [0.1, 0.15) is 0 Å². The van der Waals surface area contributed by atoms with Crippen molar-refractivity contribution in [3.8, 4) is 0 Å². The Balaban J connectivity index is 1.89. The molecule has 0 spiro atoms. The highest BCUT2D eigenvalue weighted by molar-refractivity contribution is 5.31. The molecule has 0 saturated carbocycles. The van der Waals surface area contributed by atoms with Gasteiger partial charge in [-0.3, -0.25) is 0 Å². The molecule has 1 fully saturated rings. The average molecular weight is 277 g/mol. The van der Waals surface area contributed by atoms with Gasteiger partial charge in [-0.1, -0.05) is 25.1 Å². The minimum atomic E-state index is 0.279. The molecule has 2 atom stereocenters. The van der Waals surface area contributed by atoms with Gasteiger partial charge in [0.2, 0.25) is 0 Å². The maximum atomic E-state index is 5.91. The second-order valence-corrected chi connectivity index (χ2v) is 5.72. The lowest BCUT2D eigenvalue weighted by Gasteiger charge is -2.20. The Kier molecular flexibility index (Phi) is 6.02. The van der Waals surface area contributed by atoms with Crippen molar-refractivity contribution in [3.63, 3.8) is 0 Å². The number of hydrogen-bond donors (Lipinski definition) is 1. The van der Waals surface area contributed by atoms with E-state index in [1.165, 1.54) is 16.7 Å². The van der Waals surface area contributed by atoms with Crippen molar-refractivity contribution in [1.29, 1.82) is 0 Å². The minimum absolute atomic E-state index is 0.279. The van der Waals surface area contributed by atoms with Crippen LogP contribution in [-0.4, -0.2) is 33.0 Å². The van der Waals surface area contributed by atoms with E-state index in [-0.39, 0.29) is 6.04 Å². The minimum Gasteiger partial charge on any atom is -0.381 e. The second-order valence-electron chi connectivity index (χ2n) is 5.72. The number of nitrogens with one attached hydrogen (secondary N) is 1. The predicted octanol–water partition coefficient (Wildman–Crippen LogP) is 3.01. The predicted molar refractivity (Wildman–Crippen MR) is 82.1 cm³/mol. The summed E-state index contributed by atoms with van der Waals surface area (Å²) in [6.45, 7) is 10.7. The molecule has 0 radical (unpaired) electrons. The van der Waals surface area contributed by atoms with Crippen molar-refractivity contribution in [3.05, 3.63) is 34.9 Å². The Morgan fingerprint density at radius 1 is 1.35 bits per heavy atom. The standard InChI is InChI=1S/C17H27NO2/c1-4-18-17(12-20-11-15-7-8-19-10-15)16-6-5-13(2)14(3)9-16/h5-6,9,15,17-18H,4,7-8,10-12H2,1-3H3. The molecule has 1 aromatic carbocycles. The molecule has 1 heterocycles.